The van der Waals surface area contributed by atoms with Gasteiger partial charge in [0.25, 0.3) is 0 Å². The third-order valence-corrected chi connectivity index (χ3v) is 3.52. The molecule has 0 aromatic heterocycles. The molecule has 0 atom stereocenters. The van der Waals surface area contributed by atoms with E-state index in [4.69, 9.17) is 26.9 Å². The summed E-state index contributed by atoms with van der Waals surface area (Å²) in [6, 6.07) is 5.87. The zero-order valence-electron chi connectivity index (χ0n) is 8.75. The lowest BCUT2D eigenvalue weighted by Gasteiger charge is -2.04. The number of hydrogen-bond donors (Lipinski definition) is 3. The highest BCUT2D eigenvalue weighted by Crippen LogP contribution is 2.21. The fourth-order valence-corrected chi connectivity index (χ4v) is 2.17. The summed E-state index contributed by atoms with van der Waals surface area (Å²) < 4.78 is 24.8. The maximum atomic E-state index is 11.3. The maximum absolute atomic E-state index is 11.3. The van der Waals surface area contributed by atoms with Crippen LogP contribution in [0.1, 0.15) is 5.56 Å². The largest absolute Gasteiger partial charge is 0.482 e. The molecule has 1 aromatic rings. The Hall–Kier alpha value is -1.11. The molecule has 0 fully saturated rings. The quantitative estimate of drug-likeness (QED) is 0.638. The van der Waals surface area contributed by atoms with Crippen LogP contribution in [0.25, 0.3) is 0 Å². The predicted molar refractivity (Wildman–Crippen MR) is 62.6 cm³/mol. The number of nitrogens with one attached hydrogen (secondary N) is 1. The van der Waals surface area contributed by atoms with Gasteiger partial charge in [0.05, 0.1) is 16.7 Å². The van der Waals surface area contributed by atoms with Gasteiger partial charge >= 0.3 is 7.69 Å². The average molecular weight is 276 g/mol. The first-order valence-electron chi connectivity index (χ1n) is 4.16. The highest BCUT2D eigenvalue weighted by molar-refractivity contribution is 7.89. The van der Waals surface area contributed by atoms with E-state index >= 15 is 0 Å². The van der Waals surface area contributed by atoms with E-state index in [1.165, 1.54) is 25.2 Å². The zero-order chi connectivity index (χ0) is 13.5. The topological polar surface area (TPSA) is 110 Å². The molecule has 0 spiro atoms. The molecule has 0 aliphatic rings. The molecule has 1 aromatic carbocycles. The number of halogens is 1. The minimum atomic E-state index is -3.55. The monoisotopic (exact) mass is 275 g/mol. The van der Waals surface area contributed by atoms with Gasteiger partial charge in [-0.25, -0.2) is 13.1 Å². The summed E-state index contributed by atoms with van der Waals surface area (Å²) in [6.07, 6.45) is 0. The van der Waals surface area contributed by atoms with Gasteiger partial charge in [0, 0.05) is 0 Å². The van der Waals surface area contributed by atoms with Crippen molar-refractivity contribution >= 4 is 29.3 Å². The Bertz CT molecular complexity index is 515. The molecule has 1 rings (SSSR count). The molecule has 0 heterocycles. The number of nitrogens with zero attached hydrogens (tertiary/aromatic N) is 1. The molecule has 0 saturated carbocycles. The molecule has 3 N–H and O–H groups in total. The summed E-state index contributed by atoms with van der Waals surface area (Å²) in [5.41, 5.74) is 0.324. The van der Waals surface area contributed by atoms with E-state index in [1.807, 2.05) is 6.07 Å². The first-order chi connectivity index (χ1) is 7.92. The standard InChI is InChI=1S/C8H7ClN2O2S.BH2O2/c1-11-14(12,13)8-3-2-6(5-10)4-7(8)9;2-1-3/h2-4,11H,1H3;2-3H. The van der Waals surface area contributed by atoms with E-state index in [2.05, 4.69) is 4.72 Å². The van der Waals surface area contributed by atoms with Gasteiger partial charge in [-0.1, -0.05) is 11.6 Å². The molecule has 0 aliphatic carbocycles. The van der Waals surface area contributed by atoms with Crippen LogP contribution in [0.2, 0.25) is 5.02 Å². The second-order valence-electron chi connectivity index (χ2n) is 2.58. The van der Waals surface area contributed by atoms with Crippen LogP contribution in [0.15, 0.2) is 23.1 Å². The smallest absolute Gasteiger partial charge is 0.429 e. The van der Waals surface area contributed by atoms with Crippen LogP contribution in [-0.2, 0) is 10.0 Å². The molecule has 1 radical (unpaired) electrons. The fraction of sp³-hybridized carbons (Fsp3) is 0.125. The maximum Gasteiger partial charge on any atom is 0.482 e. The van der Waals surface area contributed by atoms with Crippen molar-refractivity contribution in [1.29, 1.82) is 5.26 Å². The molecule has 0 bridgehead atoms. The summed E-state index contributed by atoms with van der Waals surface area (Å²) in [7, 11) is -2.25. The van der Waals surface area contributed by atoms with Gasteiger partial charge in [0.15, 0.2) is 0 Å². The highest BCUT2D eigenvalue weighted by atomic mass is 35.5. The van der Waals surface area contributed by atoms with Crippen molar-refractivity contribution in [3.8, 4) is 6.07 Å². The summed E-state index contributed by atoms with van der Waals surface area (Å²) in [6.45, 7) is 0. The second kappa shape index (κ2) is 7.27. The first-order valence-corrected chi connectivity index (χ1v) is 6.02. The van der Waals surface area contributed by atoms with Crippen molar-refractivity contribution in [2.45, 2.75) is 4.90 Å². The van der Waals surface area contributed by atoms with Crippen LogP contribution >= 0.6 is 11.6 Å². The zero-order valence-corrected chi connectivity index (χ0v) is 10.3. The van der Waals surface area contributed by atoms with E-state index in [0.717, 1.165) is 0 Å². The molecule has 0 unspecified atom stereocenters. The average Bonchev–Trinajstić information content (AvgIpc) is 2.29. The normalized spacial score (nSPS) is 9.82. The molecule has 9 heteroatoms. The van der Waals surface area contributed by atoms with Crippen LogP contribution in [0, 0.1) is 11.3 Å². The molecule has 0 aliphatic heterocycles. The number of nitriles is 1. The first kappa shape index (κ1) is 15.9. The Morgan fingerprint density at radius 2 is 2.00 bits per heavy atom. The van der Waals surface area contributed by atoms with Crippen molar-refractivity contribution in [3.05, 3.63) is 28.8 Å². The van der Waals surface area contributed by atoms with Gasteiger partial charge in [-0.15, -0.1) is 0 Å². The van der Waals surface area contributed by atoms with Crippen LogP contribution in [0.4, 0.5) is 0 Å². The molecule has 0 saturated heterocycles. The number of benzene rings is 1. The Morgan fingerprint density at radius 3 is 2.35 bits per heavy atom. The van der Waals surface area contributed by atoms with Crippen LogP contribution in [-0.4, -0.2) is 33.2 Å². The Labute approximate surface area is 105 Å². The van der Waals surface area contributed by atoms with Crippen molar-refractivity contribution in [1.82, 2.24) is 4.72 Å². The molecular formula is C8H9BClN2O4S. The summed E-state index contributed by atoms with van der Waals surface area (Å²) in [4.78, 5) is -0.0272. The minimum Gasteiger partial charge on any atom is -0.429 e. The van der Waals surface area contributed by atoms with Crippen LogP contribution in [0.3, 0.4) is 0 Å². The van der Waals surface area contributed by atoms with Gasteiger partial charge in [-0.05, 0) is 25.2 Å². The van der Waals surface area contributed by atoms with Crippen molar-refractivity contribution < 1.29 is 18.5 Å². The highest BCUT2D eigenvalue weighted by Gasteiger charge is 2.15. The third-order valence-electron chi connectivity index (χ3n) is 1.62. The Morgan fingerprint density at radius 1 is 1.47 bits per heavy atom. The van der Waals surface area contributed by atoms with Gasteiger partial charge in [0.1, 0.15) is 4.90 Å². The molecule has 6 nitrogen and oxygen atoms in total. The number of sulfonamides is 1. The van der Waals surface area contributed by atoms with E-state index in [1.54, 1.807) is 0 Å². The van der Waals surface area contributed by atoms with Crippen molar-refractivity contribution in [3.63, 3.8) is 0 Å². The lowest BCUT2D eigenvalue weighted by molar-refractivity contribution is 0.448. The molecule has 91 valence electrons. The van der Waals surface area contributed by atoms with Gasteiger partial charge in [0.2, 0.25) is 10.0 Å². The van der Waals surface area contributed by atoms with Crippen LogP contribution < -0.4 is 4.72 Å². The summed E-state index contributed by atoms with van der Waals surface area (Å²) in [5.74, 6) is 0. The number of rotatable bonds is 2. The second-order valence-corrected chi connectivity index (χ2v) is 4.84. The molecule has 0 amide bonds. The van der Waals surface area contributed by atoms with Gasteiger partial charge in [-0.2, -0.15) is 5.26 Å². The minimum absolute atomic E-state index is 0. The fourth-order valence-electron chi connectivity index (χ4n) is 0.898. The summed E-state index contributed by atoms with van der Waals surface area (Å²) in [5, 5.41) is 22.6. The van der Waals surface area contributed by atoms with Crippen LogP contribution in [0.5, 0.6) is 0 Å². The molecular weight excluding hydrogens is 266 g/mol. The van der Waals surface area contributed by atoms with Gasteiger partial charge < -0.3 is 10.0 Å². The van der Waals surface area contributed by atoms with Gasteiger partial charge in [-0.3, -0.25) is 0 Å². The molecule has 17 heavy (non-hydrogen) atoms. The third kappa shape index (κ3) is 4.72. The van der Waals surface area contributed by atoms with E-state index in [-0.39, 0.29) is 17.6 Å². The van der Waals surface area contributed by atoms with Crippen molar-refractivity contribution in [2.24, 2.45) is 0 Å². The van der Waals surface area contributed by atoms with E-state index in [9.17, 15) is 8.42 Å². The summed E-state index contributed by atoms with van der Waals surface area (Å²) >= 11 is 5.70. The predicted octanol–water partition coefficient (Wildman–Crippen LogP) is -0.375. The number of hydrogen-bond acceptors (Lipinski definition) is 5. The SMILES string of the molecule is CNS(=O)(=O)c1ccc(C#N)cc1Cl.O[B]O. The van der Waals surface area contributed by atoms with E-state index < -0.39 is 10.0 Å². The lowest BCUT2D eigenvalue weighted by atomic mass is 10.2. The lowest BCUT2D eigenvalue weighted by Crippen LogP contribution is -2.18. The Kier molecular flexibility index (Phi) is 6.79. The van der Waals surface area contributed by atoms with E-state index in [0.29, 0.717) is 5.56 Å². The van der Waals surface area contributed by atoms with Crippen molar-refractivity contribution in [2.75, 3.05) is 7.05 Å². The Balaban J connectivity index is 0.000000770.